The molecular formula is C15H16ClNO3S. The first-order valence-electron chi connectivity index (χ1n) is 6.28. The Labute approximate surface area is 129 Å². The van der Waals surface area contributed by atoms with Crippen LogP contribution in [-0.4, -0.2) is 8.42 Å². The molecule has 0 aliphatic rings. The minimum atomic E-state index is -3.89. The van der Waals surface area contributed by atoms with Gasteiger partial charge >= 0.3 is 0 Å². The molecule has 112 valence electrons. The van der Waals surface area contributed by atoms with Gasteiger partial charge in [-0.3, -0.25) is 0 Å². The Morgan fingerprint density at radius 3 is 2.52 bits per heavy atom. The van der Waals surface area contributed by atoms with Gasteiger partial charge in [0.2, 0.25) is 10.0 Å². The van der Waals surface area contributed by atoms with E-state index >= 15 is 0 Å². The summed E-state index contributed by atoms with van der Waals surface area (Å²) in [5.74, 6) is 0.197. The van der Waals surface area contributed by atoms with Gasteiger partial charge < -0.3 is 4.74 Å². The molecule has 2 aromatic rings. The van der Waals surface area contributed by atoms with Crippen LogP contribution >= 0.6 is 11.6 Å². The molecule has 0 atom stereocenters. The lowest BCUT2D eigenvalue weighted by atomic mass is 10.1. The van der Waals surface area contributed by atoms with E-state index in [0.29, 0.717) is 0 Å². The molecular weight excluding hydrogens is 310 g/mol. The van der Waals surface area contributed by atoms with Crippen LogP contribution in [0.25, 0.3) is 0 Å². The summed E-state index contributed by atoms with van der Waals surface area (Å²) in [5, 5.41) is 5.47. The first-order chi connectivity index (χ1) is 9.77. The molecule has 0 spiro atoms. The van der Waals surface area contributed by atoms with E-state index in [1.807, 2.05) is 32.0 Å². The van der Waals surface area contributed by atoms with Crippen LogP contribution in [-0.2, 0) is 16.6 Å². The first-order valence-corrected chi connectivity index (χ1v) is 8.21. The third kappa shape index (κ3) is 3.97. The minimum Gasteiger partial charge on any atom is -0.487 e. The largest absolute Gasteiger partial charge is 0.487 e. The van der Waals surface area contributed by atoms with Gasteiger partial charge in [-0.2, -0.15) is 0 Å². The SMILES string of the molecule is Cc1ccc(C)c(COc2ccc(Cl)cc2S(N)(=O)=O)c1. The average molecular weight is 326 g/mol. The topological polar surface area (TPSA) is 69.4 Å². The van der Waals surface area contributed by atoms with Crippen LogP contribution in [0.5, 0.6) is 5.75 Å². The number of hydrogen-bond donors (Lipinski definition) is 1. The second-order valence-electron chi connectivity index (χ2n) is 4.85. The lowest BCUT2D eigenvalue weighted by Gasteiger charge is -2.12. The second kappa shape index (κ2) is 6.05. The van der Waals surface area contributed by atoms with E-state index in [-0.39, 0.29) is 22.3 Å². The molecule has 0 aromatic heterocycles. The van der Waals surface area contributed by atoms with E-state index in [4.69, 9.17) is 21.5 Å². The van der Waals surface area contributed by atoms with Gasteiger partial charge in [0, 0.05) is 5.02 Å². The van der Waals surface area contributed by atoms with Crippen molar-refractivity contribution in [2.75, 3.05) is 0 Å². The first kappa shape index (κ1) is 15.8. The van der Waals surface area contributed by atoms with E-state index in [0.717, 1.165) is 16.7 Å². The highest BCUT2D eigenvalue weighted by molar-refractivity contribution is 7.89. The maximum atomic E-state index is 11.6. The molecule has 0 fully saturated rings. The Balaban J connectivity index is 2.30. The van der Waals surface area contributed by atoms with Gasteiger partial charge in [-0.05, 0) is 43.2 Å². The standard InChI is InChI=1S/C15H16ClNO3S/c1-10-3-4-11(2)12(7-10)9-20-14-6-5-13(16)8-15(14)21(17,18)19/h3-8H,9H2,1-2H3,(H2,17,18,19). The molecule has 6 heteroatoms. The van der Waals surface area contributed by atoms with Crippen molar-refractivity contribution in [3.05, 3.63) is 58.1 Å². The molecule has 0 unspecified atom stereocenters. The van der Waals surface area contributed by atoms with Crippen LogP contribution in [0.1, 0.15) is 16.7 Å². The molecule has 2 rings (SSSR count). The summed E-state index contributed by atoms with van der Waals surface area (Å²) in [5.41, 5.74) is 3.18. The molecule has 2 N–H and O–H groups in total. The summed E-state index contributed by atoms with van der Waals surface area (Å²) >= 11 is 5.81. The average Bonchev–Trinajstić information content (AvgIpc) is 2.40. The summed E-state index contributed by atoms with van der Waals surface area (Å²) in [6, 6.07) is 10.4. The van der Waals surface area contributed by atoms with Gasteiger partial charge in [0.25, 0.3) is 0 Å². The Morgan fingerprint density at radius 1 is 1.14 bits per heavy atom. The predicted molar refractivity (Wildman–Crippen MR) is 83.1 cm³/mol. The zero-order valence-corrected chi connectivity index (χ0v) is 13.3. The molecule has 0 aliphatic carbocycles. The van der Waals surface area contributed by atoms with Gasteiger partial charge in [-0.25, -0.2) is 13.6 Å². The molecule has 0 saturated carbocycles. The number of benzene rings is 2. The summed E-state index contributed by atoms with van der Waals surface area (Å²) in [7, 11) is -3.89. The van der Waals surface area contributed by atoms with Crippen LogP contribution in [0, 0.1) is 13.8 Å². The third-order valence-corrected chi connectivity index (χ3v) is 4.27. The Kier molecular flexibility index (Phi) is 4.56. The maximum absolute atomic E-state index is 11.6. The quantitative estimate of drug-likeness (QED) is 0.938. The molecule has 2 aromatic carbocycles. The second-order valence-corrected chi connectivity index (χ2v) is 6.82. The van der Waals surface area contributed by atoms with E-state index in [1.54, 1.807) is 6.07 Å². The van der Waals surface area contributed by atoms with Crippen molar-refractivity contribution in [3.63, 3.8) is 0 Å². The molecule has 0 heterocycles. The highest BCUT2D eigenvalue weighted by atomic mass is 35.5. The Morgan fingerprint density at radius 2 is 1.86 bits per heavy atom. The molecule has 0 bridgehead atoms. The van der Waals surface area contributed by atoms with Gasteiger partial charge in [-0.1, -0.05) is 35.4 Å². The van der Waals surface area contributed by atoms with Crippen LogP contribution in [0.2, 0.25) is 5.02 Å². The number of ether oxygens (including phenoxy) is 1. The normalized spacial score (nSPS) is 11.4. The molecule has 21 heavy (non-hydrogen) atoms. The summed E-state index contributed by atoms with van der Waals surface area (Å²) in [6.45, 7) is 4.22. The third-order valence-electron chi connectivity index (χ3n) is 3.10. The Bertz CT molecular complexity index is 772. The van der Waals surface area contributed by atoms with Gasteiger partial charge in [0.1, 0.15) is 17.3 Å². The minimum absolute atomic E-state index is 0.111. The lowest BCUT2D eigenvalue weighted by Crippen LogP contribution is -2.14. The van der Waals surface area contributed by atoms with Crippen molar-refractivity contribution in [1.29, 1.82) is 0 Å². The fraction of sp³-hybridized carbons (Fsp3) is 0.200. The highest BCUT2D eigenvalue weighted by Crippen LogP contribution is 2.27. The van der Waals surface area contributed by atoms with Crippen LogP contribution in [0.3, 0.4) is 0 Å². The van der Waals surface area contributed by atoms with E-state index in [9.17, 15) is 8.42 Å². The number of rotatable bonds is 4. The Hall–Kier alpha value is -1.56. The molecule has 4 nitrogen and oxygen atoms in total. The van der Waals surface area contributed by atoms with E-state index < -0.39 is 10.0 Å². The fourth-order valence-electron chi connectivity index (χ4n) is 1.93. The van der Waals surface area contributed by atoms with E-state index in [1.165, 1.54) is 12.1 Å². The van der Waals surface area contributed by atoms with Crippen molar-refractivity contribution in [2.45, 2.75) is 25.3 Å². The number of nitrogens with two attached hydrogens (primary N) is 1. The number of primary sulfonamides is 1. The van der Waals surface area contributed by atoms with Gasteiger partial charge in [-0.15, -0.1) is 0 Å². The van der Waals surface area contributed by atoms with Crippen molar-refractivity contribution >= 4 is 21.6 Å². The molecule has 0 saturated heterocycles. The molecule has 0 radical (unpaired) electrons. The van der Waals surface area contributed by atoms with Crippen molar-refractivity contribution in [1.82, 2.24) is 0 Å². The van der Waals surface area contributed by atoms with Crippen LogP contribution in [0.15, 0.2) is 41.3 Å². The molecule has 0 amide bonds. The van der Waals surface area contributed by atoms with Crippen molar-refractivity contribution < 1.29 is 13.2 Å². The van der Waals surface area contributed by atoms with Gasteiger partial charge in [0.05, 0.1) is 0 Å². The van der Waals surface area contributed by atoms with E-state index in [2.05, 4.69) is 0 Å². The maximum Gasteiger partial charge on any atom is 0.241 e. The van der Waals surface area contributed by atoms with Crippen molar-refractivity contribution in [2.24, 2.45) is 5.14 Å². The fourth-order valence-corrected chi connectivity index (χ4v) is 2.87. The smallest absolute Gasteiger partial charge is 0.241 e. The lowest BCUT2D eigenvalue weighted by molar-refractivity contribution is 0.297. The summed E-state index contributed by atoms with van der Waals surface area (Å²) < 4.78 is 28.8. The summed E-state index contributed by atoms with van der Waals surface area (Å²) in [6.07, 6.45) is 0. The monoisotopic (exact) mass is 325 g/mol. The number of hydrogen-bond acceptors (Lipinski definition) is 3. The highest BCUT2D eigenvalue weighted by Gasteiger charge is 2.16. The zero-order chi connectivity index (χ0) is 15.6. The van der Waals surface area contributed by atoms with Crippen LogP contribution < -0.4 is 9.88 Å². The number of sulfonamides is 1. The number of halogens is 1. The van der Waals surface area contributed by atoms with Crippen LogP contribution in [0.4, 0.5) is 0 Å². The molecule has 0 aliphatic heterocycles. The predicted octanol–water partition coefficient (Wildman–Crippen LogP) is 3.18. The van der Waals surface area contributed by atoms with Gasteiger partial charge in [0.15, 0.2) is 0 Å². The summed E-state index contributed by atoms with van der Waals surface area (Å²) in [4.78, 5) is -0.111. The van der Waals surface area contributed by atoms with Crippen molar-refractivity contribution in [3.8, 4) is 5.75 Å². The zero-order valence-electron chi connectivity index (χ0n) is 11.8. The number of aryl methyl sites for hydroxylation is 2.